The maximum Gasteiger partial charge on any atom is 0.153 e. The molecule has 1 fully saturated rings. The van der Waals surface area contributed by atoms with Gasteiger partial charge in [-0.15, -0.1) is 0 Å². The number of hydrogen-bond acceptors (Lipinski definition) is 2. The van der Waals surface area contributed by atoms with Gasteiger partial charge in [-0.1, -0.05) is 32.6 Å². The smallest absolute Gasteiger partial charge is 0.153 e. The summed E-state index contributed by atoms with van der Waals surface area (Å²) in [6.45, 7) is 3.11. The first-order chi connectivity index (χ1) is 8.35. The van der Waals surface area contributed by atoms with E-state index in [4.69, 9.17) is 0 Å². The number of carbonyl (C=O) groups is 1. The van der Waals surface area contributed by atoms with Gasteiger partial charge in [0.15, 0.2) is 6.29 Å². The number of carbonyl (C=O) groups excluding carboxylic acids is 1. The lowest BCUT2D eigenvalue weighted by atomic mass is 9.86. The Hall–Kier alpha value is -1.12. The Balaban J connectivity index is 2.13. The molecule has 0 aliphatic heterocycles. The van der Waals surface area contributed by atoms with Crippen molar-refractivity contribution in [1.82, 2.24) is 9.78 Å². The molecule has 0 spiro atoms. The van der Waals surface area contributed by atoms with Gasteiger partial charge in [0.05, 0.1) is 11.3 Å². The summed E-state index contributed by atoms with van der Waals surface area (Å²) in [4.78, 5) is 11.1. The molecule has 0 unspecified atom stereocenters. The Kier molecular flexibility index (Phi) is 4.35. The van der Waals surface area contributed by atoms with E-state index in [1.54, 1.807) is 0 Å². The average molecular weight is 234 g/mol. The SMILES string of the molecule is CCCCn1cc(C=O)c(C2CCCCC2)n1. The van der Waals surface area contributed by atoms with E-state index in [1.165, 1.54) is 32.1 Å². The fraction of sp³-hybridized carbons (Fsp3) is 0.714. The molecule has 0 saturated heterocycles. The van der Waals surface area contributed by atoms with E-state index in [-0.39, 0.29) is 0 Å². The zero-order valence-electron chi connectivity index (χ0n) is 10.7. The molecule has 1 aliphatic rings. The molecule has 1 aromatic rings. The number of aryl methyl sites for hydroxylation is 1. The minimum Gasteiger partial charge on any atom is -0.298 e. The summed E-state index contributed by atoms with van der Waals surface area (Å²) < 4.78 is 1.96. The molecular formula is C14H22N2O. The summed E-state index contributed by atoms with van der Waals surface area (Å²) in [5.74, 6) is 0.520. The van der Waals surface area contributed by atoms with Crippen LogP contribution < -0.4 is 0 Å². The van der Waals surface area contributed by atoms with Gasteiger partial charge in [-0.3, -0.25) is 9.48 Å². The second kappa shape index (κ2) is 5.99. The zero-order valence-corrected chi connectivity index (χ0v) is 10.7. The number of aromatic nitrogens is 2. The number of rotatable bonds is 5. The van der Waals surface area contributed by atoms with Crippen molar-refractivity contribution in [3.63, 3.8) is 0 Å². The third-order valence-corrected chi connectivity index (χ3v) is 3.68. The van der Waals surface area contributed by atoms with E-state index in [9.17, 15) is 4.79 Å². The second-order valence-electron chi connectivity index (χ2n) is 5.04. The van der Waals surface area contributed by atoms with Crippen molar-refractivity contribution < 1.29 is 4.79 Å². The van der Waals surface area contributed by atoms with Gasteiger partial charge < -0.3 is 0 Å². The minimum absolute atomic E-state index is 0.520. The van der Waals surface area contributed by atoms with Gasteiger partial charge in [0.25, 0.3) is 0 Å². The van der Waals surface area contributed by atoms with Crippen molar-refractivity contribution in [2.45, 2.75) is 64.3 Å². The minimum atomic E-state index is 0.520. The topological polar surface area (TPSA) is 34.9 Å². The molecule has 1 aromatic heterocycles. The van der Waals surface area contributed by atoms with Gasteiger partial charge in [0.1, 0.15) is 0 Å². The normalized spacial score (nSPS) is 17.2. The molecule has 17 heavy (non-hydrogen) atoms. The monoisotopic (exact) mass is 234 g/mol. The van der Waals surface area contributed by atoms with Crippen LogP contribution in [0.25, 0.3) is 0 Å². The van der Waals surface area contributed by atoms with Crippen LogP contribution in [0.4, 0.5) is 0 Å². The van der Waals surface area contributed by atoms with Crippen molar-refractivity contribution in [2.24, 2.45) is 0 Å². The summed E-state index contributed by atoms with van der Waals surface area (Å²) in [6.07, 6.45) is 11.5. The highest BCUT2D eigenvalue weighted by atomic mass is 16.1. The first kappa shape index (κ1) is 12.3. The second-order valence-corrected chi connectivity index (χ2v) is 5.04. The first-order valence-corrected chi connectivity index (χ1v) is 6.87. The van der Waals surface area contributed by atoms with E-state index < -0.39 is 0 Å². The van der Waals surface area contributed by atoms with E-state index in [0.29, 0.717) is 5.92 Å². The number of nitrogens with zero attached hydrogens (tertiary/aromatic N) is 2. The molecule has 0 bridgehead atoms. The molecule has 1 saturated carbocycles. The maximum atomic E-state index is 11.1. The predicted octanol–water partition coefficient (Wildman–Crippen LogP) is 3.54. The van der Waals surface area contributed by atoms with E-state index in [0.717, 1.165) is 36.9 Å². The first-order valence-electron chi connectivity index (χ1n) is 6.87. The highest BCUT2D eigenvalue weighted by Gasteiger charge is 2.21. The van der Waals surface area contributed by atoms with Crippen molar-refractivity contribution in [3.8, 4) is 0 Å². The molecule has 0 N–H and O–H groups in total. The molecule has 0 aromatic carbocycles. The molecule has 2 rings (SSSR count). The molecule has 1 heterocycles. The quantitative estimate of drug-likeness (QED) is 0.730. The Morgan fingerprint density at radius 1 is 1.41 bits per heavy atom. The number of aldehydes is 1. The Morgan fingerprint density at radius 3 is 2.82 bits per heavy atom. The van der Waals surface area contributed by atoms with Crippen LogP contribution in [-0.2, 0) is 6.54 Å². The van der Waals surface area contributed by atoms with Crippen LogP contribution in [0.15, 0.2) is 6.20 Å². The van der Waals surface area contributed by atoms with Gasteiger partial charge >= 0.3 is 0 Å². The molecule has 3 nitrogen and oxygen atoms in total. The molecule has 94 valence electrons. The van der Waals surface area contributed by atoms with Crippen molar-refractivity contribution in [1.29, 1.82) is 0 Å². The fourth-order valence-corrected chi connectivity index (χ4v) is 2.67. The summed E-state index contributed by atoms with van der Waals surface area (Å²) in [6, 6.07) is 0. The summed E-state index contributed by atoms with van der Waals surface area (Å²) >= 11 is 0. The molecule has 0 amide bonds. The largest absolute Gasteiger partial charge is 0.298 e. The summed E-state index contributed by atoms with van der Waals surface area (Å²) in [5, 5.41) is 4.63. The van der Waals surface area contributed by atoms with E-state index in [2.05, 4.69) is 12.0 Å². The van der Waals surface area contributed by atoms with Crippen LogP contribution in [-0.4, -0.2) is 16.1 Å². The Bertz CT molecular complexity index is 364. The fourth-order valence-electron chi connectivity index (χ4n) is 2.67. The van der Waals surface area contributed by atoms with Crippen LogP contribution in [0.2, 0.25) is 0 Å². The highest BCUT2D eigenvalue weighted by Crippen LogP contribution is 2.33. The lowest BCUT2D eigenvalue weighted by Crippen LogP contribution is -2.08. The average Bonchev–Trinajstić information content (AvgIpc) is 2.80. The van der Waals surface area contributed by atoms with Crippen molar-refractivity contribution in [2.75, 3.05) is 0 Å². The maximum absolute atomic E-state index is 11.1. The highest BCUT2D eigenvalue weighted by molar-refractivity contribution is 5.76. The number of unbranched alkanes of at least 4 members (excludes halogenated alkanes) is 1. The van der Waals surface area contributed by atoms with E-state index >= 15 is 0 Å². The number of hydrogen-bond donors (Lipinski definition) is 0. The van der Waals surface area contributed by atoms with Gasteiger partial charge in [-0.2, -0.15) is 5.10 Å². The lowest BCUT2D eigenvalue weighted by Gasteiger charge is -2.20. The van der Waals surface area contributed by atoms with Crippen molar-refractivity contribution in [3.05, 3.63) is 17.5 Å². The van der Waals surface area contributed by atoms with Gasteiger partial charge in [0, 0.05) is 18.7 Å². The molecular weight excluding hydrogens is 212 g/mol. The Labute approximate surface area is 103 Å². The standard InChI is InChI=1S/C14H22N2O/c1-2-3-9-16-10-13(11-17)14(15-16)12-7-5-4-6-8-12/h10-12H,2-9H2,1H3. The summed E-state index contributed by atoms with van der Waals surface area (Å²) in [7, 11) is 0. The van der Waals surface area contributed by atoms with Crippen LogP contribution in [0, 0.1) is 0 Å². The Morgan fingerprint density at radius 2 is 2.18 bits per heavy atom. The third-order valence-electron chi connectivity index (χ3n) is 3.68. The van der Waals surface area contributed by atoms with Gasteiger partial charge in [-0.25, -0.2) is 0 Å². The predicted molar refractivity (Wildman–Crippen MR) is 68.3 cm³/mol. The van der Waals surface area contributed by atoms with E-state index in [1.807, 2.05) is 10.9 Å². The lowest BCUT2D eigenvalue weighted by molar-refractivity contribution is 0.112. The van der Waals surface area contributed by atoms with Crippen LogP contribution >= 0.6 is 0 Å². The molecule has 1 aliphatic carbocycles. The van der Waals surface area contributed by atoms with Crippen LogP contribution in [0.3, 0.4) is 0 Å². The van der Waals surface area contributed by atoms with Crippen LogP contribution in [0.5, 0.6) is 0 Å². The van der Waals surface area contributed by atoms with Crippen LogP contribution in [0.1, 0.15) is 73.8 Å². The van der Waals surface area contributed by atoms with Crippen molar-refractivity contribution >= 4 is 6.29 Å². The summed E-state index contributed by atoms with van der Waals surface area (Å²) in [5.41, 5.74) is 1.86. The third kappa shape index (κ3) is 2.96. The molecule has 0 radical (unpaired) electrons. The molecule has 3 heteroatoms. The van der Waals surface area contributed by atoms with Gasteiger partial charge in [-0.05, 0) is 19.3 Å². The zero-order chi connectivity index (χ0) is 12.1. The van der Waals surface area contributed by atoms with Gasteiger partial charge in [0.2, 0.25) is 0 Å². The molecule has 0 atom stereocenters.